The van der Waals surface area contributed by atoms with Gasteiger partial charge in [0.25, 0.3) is 0 Å². The highest BCUT2D eigenvalue weighted by Gasteiger charge is 2.35. The van der Waals surface area contributed by atoms with Crippen molar-refractivity contribution >= 4 is 23.0 Å². The molecule has 1 saturated heterocycles. The smallest absolute Gasteiger partial charge is 0.143 e. The number of anilines is 2. The van der Waals surface area contributed by atoms with Gasteiger partial charge in [0.2, 0.25) is 0 Å². The second-order valence-electron chi connectivity index (χ2n) is 4.69. The maximum Gasteiger partial charge on any atom is 0.143 e. The predicted molar refractivity (Wildman–Crippen MR) is 64.8 cm³/mol. The van der Waals surface area contributed by atoms with Gasteiger partial charge in [-0.05, 0) is 18.4 Å². The van der Waals surface area contributed by atoms with Crippen molar-refractivity contribution in [3.05, 3.63) is 23.0 Å². The summed E-state index contributed by atoms with van der Waals surface area (Å²) in [7, 11) is 0. The van der Waals surface area contributed by atoms with Crippen LogP contribution in [0.3, 0.4) is 0 Å². The molecule has 2 unspecified atom stereocenters. The number of benzene rings is 1. The molecule has 16 heavy (non-hydrogen) atoms. The van der Waals surface area contributed by atoms with Crippen LogP contribution in [0.2, 0.25) is 5.02 Å². The average Bonchev–Trinajstić information content (AvgIpc) is 2.63. The van der Waals surface area contributed by atoms with E-state index < -0.39 is 0 Å². The third-order valence-corrected chi connectivity index (χ3v) is 4.02. The second kappa shape index (κ2) is 3.52. The number of nitrogens with zero attached hydrogens (tertiary/aromatic N) is 1. The highest BCUT2D eigenvalue weighted by Crippen LogP contribution is 2.40. The number of fused-ring (bicyclic) bond motifs is 3. The molecular weight excluding hydrogens is 227 g/mol. The molecule has 1 fully saturated rings. The molecule has 1 aromatic carbocycles. The largest absolute Gasteiger partial charge is 0.381 e. The van der Waals surface area contributed by atoms with Gasteiger partial charge in [-0.15, -0.1) is 0 Å². The zero-order valence-corrected chi connectivity index (χ0v) is 9.89. The molecule has 1 aromatic rings. The van der Waals surface area contributed by atoms with Crippen LogP contribution in [0.1, 0.15) is 13.3 Å². The summed E-state index contributed by atoms with van der Waals surface area (Å²) in [5.41, 5.74) is 1.92. The Labute approximate surface area is 99.4 Å². The maximum atomic E-state index is 13.3. The number of hydrogen-bond acceptors (Lipinski definition) is 2. The van der Waals surface area contributed by atoms with Gasteiger partial charge in [0, 0.05) is 25.2 Å². The normalized spacial score (nSPS) is 27.3. The van der Waals surface area contributed by atoms with Crippen LogP contribution >= 0.6 is 11.6 Å². The van der Waals surface area contributed by atoms with Crippen molar-refractivity contribution in [3.63, 3.8) is 0 Å². The molecule has 2 aliphatic heterocycles. The molecule has 0 aliphatic carbocycles. The fraction of sp³-hybridized carbons (Fsp3) is 0.500. The lowest BCUT2D eigenvalue weighted by atomic mass is 10.0. The summed E-state index contributed by atoms with van der Waals surface area (Å²) in [5, 5.41) is 3.50. The summed E-state index contributed by atoms with van der Waals surface area (Å²) >= 11 is 5.84. The van der Waals surface area contributed by atoms with E-state index in [4.69, 9.17) is 11.6 Å². The molecule has 86 valence electrons. The molecule has 0 amide bonds. The Hall–Kier alpha value is -0.960. The highest BCUT2D eigenvalue weighted by atomic mass is 35.5. The summed E-state index contributed by atoms with van der Waals surface area (Å²) in [5.74, 6) is 0.336. The second-order valence-corrected chi connectivity index (χ2v) is 5.10. The Balaban J connectivity index is 2.06. The molecule has 2 aliphatic rings. The van der Waals surface area contributed by atoms with Crippen LogP contribution in [0, 0.1) is 11.7 Å². The predicted octanol–water partition coefficient (Wildman–Crippen LogP) is 3.12. The van der Waals surface area contributed by atoms with E-state index in [2.05, 4.69) is 17.1 Å². The van der Waals surface area contributed by atoms with Gasteiger partial charge in [-0.3, -0.25) is 0 Å². The maximum absolute atomic E-state index is 13.3. The van der Waals surface area contributed by atoms with Crippen LogP contribution in [-0.4, -0.2) is 19.1 Å². The van der Waals surface area contributed by atoms with E-state index in [0.717, 1.165) is 24.5 Å². The van der Waals surface area contributed by atoms with E-state index in [1.165, 1.54) is 12.5 Å². The number of hydrogen-bond donors (Lipinski definition) is 1. The topological polar surface area (TPSA) is 15.3 Å². The van der Waals surface area contributed by atoms with Crippen LogP contribution in [0.5, 0.6) is 0 Å². The van der Waals surface area contributed by atoms with Gasteiger partial charge in [-0.2, -0.15) is 0 Å². The minimum atomic E-state index is -0.349. The molecular formula is C12H14ClFN2. The molecule has 0 aromatic heterocycles. The molecule has 0 radical (unpaired) electrons. The summed E-state index contributed by atoms with van der Waals surface area (Å²) in [4.78, 5) is 2.35. The van der Waals surface area contributed by atoms with Crippen molar-refractivity contribution in [1.82, 2.24) is 0 Å². The fourth-order valence-electron chi connectivity index (χ4n) is 2.75. The summed E-state index contributed by atoms with van der Waals surface area (Å²) in [6.07, 6.45) is 1.20. The van der Waals surface area contributed by atoms with E-state index in [0.29, 0.717) is 12.0 Å². The first kappa shape index (κ1) is 10.2. The molecule has 3 rings (SSSR count). The van der Waals surface area contributed by atoms with Crippen LogP contribution in [0.15, 0.2) is 12.1 Å². The van der Waals surface area contributed by atoms with E-state index in [1.807, 2.05) is 0 Å². The Morgan fingerprint density at radius 2 is 2.31 bits per heavy atom. The van der Waals surface area contributed by atoms with Gasteiger partial charge >= 0.3 is 0 Å². The number of nitrogens with one attached hydrogen (secondary N) is 1. The molecule has 0 spiro atoms. The summed E-state index contributed by atoms with van der Waals surface area (Å²) in [6, 6.07) is 3.76. The lowest BCUT2D eigenvalue weighted by molar-refractivity contribution is 0.523. The van der Waals surface area contributed by atoms with Crippen molar-refractivity contribution < 1.29 is 4.39 Å². The van der Waals surface area contributed by atoms with Gasteiger partial charge in [0.1, 0.15) is 5.82 Å². The van der Waals surface area contributed by atoms with E-state index in [-0.39, 0.29) is 10.8 Å². The van der Waals surface area contributed by atoms with Gasteiger partial charge in [-0.1, -0.05) is 18.5 Å². The van der Waals surface area contributed by atoms with E-state index in [1.54, 1.807) is 6.07 Å². The molecule has 2 atom stereocenters. The van der Waals surface area contributed by atoms with Crippen molar-refractivity contribution in [2.45, 2.75) is 19.4 Å². The SMILES string of the molecule is CC1CCN2c3cc(Cl)c(F)cc3NCC12. The Bertz CT molecular complexity index is 435. The molecule has 0 bridgehead atoms. The number of halogens is 2. The first-order valence-electron chi connectivity index (χ1n) is 5.66. The first-order valence-corrected chi connectivity index (χ1v) is 6.04. The summed E-state index contributed by atoms with van der Waals surface area (Å²) < 4.78 is 13.3. The van der Waals surface area contributed by atoms with Crippen LogP contribution < -0.4 is 10.2 Å². The minimum Gasteiger partial charge on any atom is -0.381 e. The molecule has 1 N–H and O–H groups in total. The Morgan fingerprint density at radius 3 is 3.12 bits per heavy atom. The zero-order valence-electron chi connectivity index (χ0n) is 9.13. The molecule has 2 heterocycles. The van der Waals surface area contributed by atoms with Gasteiger partial charge in [0.15, 0.2) is 0 Å². The lowest BCUT2D eigenvalue weighted by Gasteiger charge is -2.36. The van der Waals surface area contributed by atoms with Gasteiger partial charge in [0.05, 0.1) is 16.4 Å². The highest BCUT2D eigenvalue weighted by molar-refractivity contribution is 6.31. The quantitative estimate of drug-likeness (QED) is 0.750. The molecule has 4 heteroatoms. The van der Waals surface area contributed by atoms with E-state index >= 15 is 0 Å². The molecule has 0 saturated carbocycles. The molecule has 2 nitrogen and oxygen atoms in total. The van der Waals surface area contributed by atoms with Crippen LogP contribution in [0.4, 0.5) is 15.8 Å². The van der Waals surface area contributed by atoms with Crippen molar-refractivity contribution in [2.75, 3.05) is 23.3 Å². The third kappa shape index (κ3) is 1.38. The average molecular weight is 241 g/mol. The van der Waals surface area contributed by atoms with Crippen LogP contribution in [-0.2, 0) is 0 Å². The standard InChI is InChI=1S/C12H14ClFN2/c1-7-2-3-16-11-4-8(13)9(14)5-10(11)15-6-12(7)16/h4-5,7,12,15H,2-3,6H2,1H3. The number of rotatable bonds is 0. The van der Waals surface area contributed by atoms with Crippen LogP contribution in [0.25, 0.3) is 0 Å². The van der Waals surface area contributed by atoms with Gasteiger partial charge in [-0.25, -0.2) is 4.39 Å². The zero-order chi connectivity index (χ0) is 11.3. The summed E-state index contributed by atoms with van der Waals surface area (Å²) in [6.45, 7) is 4.21. The first-order chi connectivity index (χ1) is 7.66. The van der Waals surface area contributed by atoms with Crippen molar-refractivity contribution in [3.8, 4) is 0 Å². The van der Waals surface area contributed by atoms with Gasteiger partial charge < -0.3 is 10.2 Å². The monoisotopic (exact) mass is 240 g/mol. The third-order valence-electron chi connectivity index (χ3n) is 3.73. The lowest BCUT2D eigenvalue weighted by Crippen LogP contribution is -2.41. The van der Waals surface area contributed by atoms with Crippen molar-refractivity contribution in [1.29, 1.82) is 0 Å². The van der Waals surface area contributed by atoms with E-state index in [9.17, 15) is 4.39 Å². The fourth-order valence-corrected chi connectivity index (χ4v) is 2.91. The minimum absolute atomic E-state index is 0.209. The Morgan fingerprint density at radius 1 is 1.50 bits per heavy atom. The Kier molecular flexibility index (Phi) is 2.25. The van der Waals surface area contributed by atoms with Crippen molar-refractivity contribution in [2.24, 2.45) is 5.92 Å².